The maximum Gasteiger partial charge on any atom is 0.321 e. The first-order valence-corrected chi connectivity index (χ1v) is 8.03. The van der Waals surface area contributed by atoms with Crippen LogP contribution in [-0.2, 0) is 4.79 Å². The lowest BCUT2D eigenvalue weighted by molar-refractivity contribution is -0.118. The predicted octanol–water partition coefficient (Wildman–Crippen LogP) is 3.69. The fraction of sp³-hybridized carbons (Fsp3) is 0.529. The number of hydrogen-bond acceptors (Lipinski definition) is 2. The van der Waals surface area contributed by atoms with Crippen LogP contribution in [0.4, 0.5) is 16.2 Å². The lowest BCUT2D eigenvalue weighted by atomic mass is 10.2. The number of hydrogen-bond donors (Lipinski definition) is 2. The van der Waals surface area contributed by atoms with E-state index in [1.54, 1.807) is 6.07 Å². The van der Waals surface area contributed by atoms with Gasteiger partial charge in [-0.1, -0.05) is 32.8 Å². The van der Waals surface area contributed by atoms with Gasteiger partial charge < -0.3 is 15.5 Å². The molecule has 22 heavy (non-hydrogen) atoms. The Morgan fingerprint density at radius 3 is 2.18 bits per heavy atom. The van der Waals surface area contributed by atoms with E-state index >= 15 is 0 Å². The van der Waals surface area contributed by atoms with Crippen molar-refractivity contribution >= 4 is 23.3 Å². The zero-order valence-corrected chi connectivity index (χ0v) is 13.4. The second-order valence-corrected chi connectivity index (χ2v) is 6.06. The highest BCUT2D eigenvalue weighted by atomic mass is 16.2. The minimum Gasteiger partial charge on any atom is -0.326 e. The van der Waals surface area contributed by atoms with Crippen molar-refractivity contribution < 1.29 is 9.59 Å². The number of urea groups is 1. The molecule has 0 aliphatic carbocycles. The monoisotopic (exact) mass is 303 g/mol. The van der Waals surface area contributed by atoms with Crippen molar-refractivity contribution in [2.75, 3.05) is 23.7 Å². The van der Waals surface area contributed by atoms with Crippen LogP contribution in [0, 0.1) is 5.92 Å². The van der Waals surface area contributed by atoms with Crippen molar-refractivity contribution in [3.63, 3.8) is 0 Å². The Morgan fingerprint density at radius 1 is 1.00 bits per heavy atom. The molecule has 1 aliphatic heterocycles. The molecular formula is C17H25N3O2. The number of benzene rings is 1. The second-order valence-electron chi connectivity index (χ2n) is 6.06. The third-order valence-electron chi connectivity index (χ3n) is 3.80. The quantitative estimate of drug-likeness (QED) is 0.894. The van der Waals surface area contributed by atoms with E-state index in [1.807, 2.05) is 36.9 Å². The van der Waals surface area contributed by atoms with Crippen molar-refractivity contribution in [1.29, 1.82) is 0 Å². The van der Waals surface area contributed by atoms with Gasteiger partial charge in [-0.15, -0.1) is 0 Å². The minimum absolute atomic E-state index is 0.0315. The normalized spacial score (nSPS) is 15.3. The Hall–Kier alpha value is -2.04. The standard InChI is InChI=1S/C17H25N3O2/c1-13(2)16(21)18-14-8-7-9-15(12-14)19-17(22)20-10-5-3-4-6-11-20/h7-9,12-13H,3-6,10-11H2,1-2H3,(H,18,21)(H,19,22). The fourth-order valence-electron chi connectivity index (χ4n) is 2.44. The van der Waals surface area contributed by atoms with Gasteiger partial charge in [0, 0.05) is 30.4 Å². The van der Waals surface area contributed by atoms with Gasteiger partial charge in [-0.2, -0.15) is 0 Å². The average Bonchev–Trinajstić information content (AvgIpc) is 2.76. The molecule has 3 amide bonds. The minimum atomic E-state index is -0.0738. The summed E-state index contributed by atoms with van der Waals surface area (Å²) in [6.07, 6.45) is 4.52. The second kappa shape index (κ2) is 7.82. The van der Waals surface area contributed by atoms with E-state index in [1.165, 1.54) is 12.8 Å². The molecule has 0 radical (unpaired) electrons. The lowest BCUT2D eigenvalue weighted by Crippen LogP contribution is -2.35. The summed E-state index contributed by atoms with van der Waals surface area (Å²) in [6, 6.07) is 7.21. The van der Waals surface area contributed by atoms with Crippen LogP contribution >= 0.6 is 0 Å². The van der Waals surface area contributed by atoms with Gasteiger partial charge in [0.05, 0.1) is 0 Å². The number of carbonyl (C=O) groups excluding carboxylic acids is 2. The largest absolute Gasteiger partial charge is 0.326 e. The molecule has 0 aromatic heterocycles. The maximum absolute atomic E-state index is 12.3. The van der Waals surface area contributed by atoms with Gasteiger partial charge in [0.1, 0.15) is 0 Å². The molecule has 1 heterocycles. The molecule has 0 saturated carbocycles. The van der Waals surface area contributed by atoms with Crippen molar-refractivity contribution in [2.45, 2.75) is 39.5 Å². The molecular weight excluding hydrogens is 278 g/mol. The number of amides is 3. The summed E-state index contributed by atoms with van der Waals surface area (Å²) >= 11 is 0. The average molecular weight is 303 g/mol. The number of likely N-dealkylation sites (tertiary alicyclic amines) is 1. The molecule has 1 saturated heterocycles. The maximum atomic E-state index is 12.3. The predicted molar refractivity (Wildman–Crippen MR) is 89.0 cm³/mol. The zero-order valence-electron chi connectivity index (χ0n) is 13.4. The van der Waals surface area contributed by atoms with Gasteiger partial charge in [-0.3, -0.25) is 4.79 Å². The molecule has 2 rings (SSSR count). The van der Waals surface area contributed by atoms with E-state index < -0.39 is 0 Å². The highest BCUT2D eigenvalue weighted by Gasteiger charge is 2.15. The Kier molecular flexibility index (Phi) is 5.81. The summed E-state index contributed by atoms with van der Waals surface area (Å²) in [4.78, 5) is 25.9. The molecule has 1 aromatic carbocycles. The third kappa shape index (κ3) is 4.76. The smallest absolute Gasteiger partial charge is 0.321 e. The first-order valence-electron chi connectivity index (χ1n) is 8.03. The summed E-state index contributed by atoms with van der Waals surface area (Å²) < 4.78 is 0. The van der Waals surface area contributed by atoms with E-state index in [4.69, 9.17) is 0 Å². The van der Waals surface area contributed by atoms with Crippen LogP contribution in [0.15, 0.2) is 24.3 Å². The summed E-state index contributed by atoms with van der Waals surface area (Å²) in [5, 5.41) is 5.76. The Labute approximate surface area is 132 Å². The molecule has 2 N–H and O–H groups in total. The molecule has 5 nitrogen and oxygen atoms in total. The first kappa shape index (κ1) is 16.3. The van der Waals surface area contributed by atoms with Crippen molar-refractivity contribution in [1.82, 2.24) is 4.90 Å². The molecule has 0 bridgehead atoms. The van der Waals surface area contributed by atoms with Crippen molar-refractivity contribution in [3.05, 3.63) is 24.3 Å². The molecule has 1 fully saturated rings. The number of rotatable bonds is 3. The summed E-state index contributed by atoms with van der Waals surface area (Å²) in [6.45, 7) is 5.33. The Morgan fingerprint density at radius 2 is 1.59 bits per heavy atom. The van der Waals surface area contributed by atoms with Crippen LogP contribution in [0.1, 0.15) is 39.5 Å². The van der Waals surface area contributed by atoms with E-state index in [2.05, 4.69) is 10.6 Å². The Bertz CT molecular complexity index is 520. The fourth-order valence-corrected chi connectivity index (χ4v) is 2.44. The summed E-state index contributed by atoms with van der Waals surface area (Å²) in [5.74, 6) is -0.105. The van der Waals surface area contributed by atoms with Gasteiger partial charge in [-0.05, 0) is 31.0 Å². The van der Waals surface area contributed by atoms with Crippen LogP contribution in [0.3, 0.4) is 0 Å². The topological polar surface area (TPSA) is 61.4 Å². The number of nitrogens with one attached hydrogen (secondary N) is 2. The molecule has 1 aliphatic rings. The van der Waals surface area contributed by atoms with Crippen LogP contribution in [0.25, 0.3) is 0 Å². The highest BCUT2D eigenvalue weighted by molar-refractivity contribution is 5.94. The first-order chi connectivity index (χ1) is 10.6. The summed E-state index contributed by atoms with van der Waals surface area (Å²) in [5.41, 5.74) is 1.41. The number of anilines is 2. The molecule has 0 atom stereocenters. The van der Waals surface area contributed by atoms with E-state index in [0.29, 0.717) is 11.4 Å². The van der Waals surface area contributed by atoms with Gasteiger partial charge >= 0.3 is 6.03 Å². The van der Waals surface area contributed by atoms with Gasteiger partial charge in [0.25, 0.3) is 0 Å². The molecule has 120 valence electrons. The zero-order chi connectivity index (χ0) is 15.9. The molecule has 0 unspecified atom stereocenters. The van der Waals surface area contributed by atoms with E-state index in [0.717, 1.165) is 25.9 Å². The van der Waals surface area contributed by atoms with Crippen LogP contribution < -0.4 is 10.6 Å². The van der Waals surface area contributed by atoms with Crippen LogP contribution in [0.5, 0.6) is 0 Å². The summed E-state index contributed by atoms with van der Waals surface area (Å²) in [7, 11) is 0. The van der Waals surface area contributed by atoms with Gasteiger partial charge in [-0.25, -0.2) is 4.79 Å². The molecule has 5 heteroatoms. The molecule has 0 spiro atoms. The SMILES string of the molecule is CC(C)C(=O)Nc1cccc(NC(=O)N2CCCCCC2)c1. The van der Waals surface area contributed by atoms with E-state index in [9.17, 15) is 9.59 Å². The number of carbonyl (C=O) groups is 2. The van der Waals surface area contributed by atoms with Crippen LogP contribution in [0.2, 0.25) is 0 Å². The lowest BCUT2D eigenvalue weighted by Gasteiger charge is -2.21. The van der Waals surface area contributed by atoms with Gasteiger partial charge in [0.2, 0.25) is 5.91 Å². The number of nitrogens with zero attached hydrogens (tertiary/aromatic N) is 1. The third-order valence-corrected chi connectivity index (χ3v) is 3.80. The highest BCUT2D eigenvalue weighted by Crippen LogP contribution is 2.17. The van der Waals surface area contributed by atoms with Crippen molar-refractivity contribution in [2.24, 2.45) is 5.92 Å². The van der Waals surface area contributed by atoms with Gasteiger partial charge in [0.15, 0.2) is 0 Å². The van der Waals surface area contributed by atoms with E-state index in [-0.39, 0.29) is 17.9 Å². The van der Waals surface area contributed by atoms with Crippen LogP contribution in [-0.4, -0.2) is 29.9 Å². The molecule has 1 aromatic rings. The Balaban J connectivity index is 1.97. The van der Waals surface area contributed by atoms with Crippen molar-refractivity contribution in [3.8, 4) is 0 Å².